The zero-order chi connectivity index (χ0) is 18.7. The lowest BCUT2D eigenvalue weighted by atomic mass is 10.3. The molecule has 2 N–H and O–H groups in total. The van der Waals surface area contributed by atoms with Gasteiger partial charge in [0.25, 0.3) is 5.91 Å². The van der Waals surface area contributed by atoms with E-state index in [0.29, 0.717) is 17.1 Å². The molecule has 0 aromatic heterocycles. The van der Waals surface area contributed by atoms with Crippen molar-refractivity contribution in [2.45, 2.75) is 10.4 Å². The summed E-state index contributed by atoms with van der Waals surface area (Å²) >= 11 is -0.197. The number of benzene rings is 2. The Kier molecular flexibility index (Phi) is 4.90. The van der Waals surface area contributed by atoms with Crippen LogP contribution in [0.15, 0.2) is 76.9 Å². The van der Waals surface area contributed by atoms with Crippen LogP contribution in [0.25, 0.3) is 0 Å². The van der Waals surface area contributed by atoms with Crippen molar-refractivity contribution >= 4 is 34.8 Å². The Hall–Kier alpha value is -2.94. The molecular weight excluding hydrogens is 365 g/mol. The van der Waals surface area contributed by atoms with Crippen molar-refractivity contribution in [2.75, 3.05) is 10.4 Å². The highest BCUT2D eigenvalue weighted by molar-refractivity contribution is 8.00. The average Bonchev–Trinajstić information content (AvgIpc) is 2.88. The van der Waals surface area contributed by atoms with Crippen LogP contribution in [-0.2, 0) is 4.79 Å². The molecule has 2 aromatic rings. The number of nitrogens with zero attached hydrogens (tertiary/aromatic N) is 2. The summed E-state index contributed by atoms with van der Waals surface area (Å²) in [6, 6.07) is 14.5. The molecule has 26 heavy (non-hydrogen) atoms. The van der Waals surface area contributed by atoms with E-state index < -0.39 is 11.4 Å². The van der Waals surface area contributed by atoms with Crippen molar-refractivity contribution in [1.82, 2.24) is 5.43 Å². The second kappa shape index (κ2) is 7.12. The number of anilines is 2. The lowest BCUT2D eigenvalue weighted by Gasteiger charge is -2.14. The van der Waals surface area contributed by atoms with Crippen molar-refractivity contribution in [1.29, 1.82) is 0 Å². The molecule has 0 radical (unpaired) electrons. The minimum absolute atomic E-state index is 0.0639. The van der Waals surface area contributed by atoms with Crippen LogP contribution in [0.2, 0.25) is 0 Å². The number of alkyl halides is 3. The summed E-state index contributed by atoms with van der Waals surface area (Å²) in [6.45, 7) is 3.76. The Morgan fingerprint density at radius 2 is 1.73 bits per heavy atom. The molecule has 1 fully saturated rings. The SMILES string of the molecule is C=C1NN(c2ccccc2)C(=O)C1=NNc1ccc(SC(F)(F)F)cc1. The highest BCUT2D eigenvalue weighted by Gasteiger charge is 2.32. The fourth-order valence-electron chi connectivity index (χ4n) is 2.20. The number of hydrazone groups is 1. The summed E-state index contributed by atoms with van der Waals surface area (Å²) in [6.07, 6.45) is 0. The van der Waals surface area contributed by atoms with Gasteiger partial charge in [0.2, 0.25) is 0 Å². The van der Waals surface area contributed by atoms with Crippen molar-refractivity contribution in [3.05, 3.63) is 66.9 Å². The van der Waals surface area contributed by atoms with E-state index >= 15 is 0 Å². The van der Waals surface area contributed by atoms with Gasteiger partial charge in [-0.3, -0.25) is 15.6 Å². The molecule has 0 bridgehead atoms. The summed E-state index contributed by atoms with van der Waals surface area (Å²) in [4.78, 5) is 12.5. The summed E-state index contributed by atoms with van der Waals surface area (Å²) in [5, 5.41) is 5.33. The largest absolute Gasteiger partial charge is 0.446 e. The van der Waals surface area contributed by atoms with E-state index in [4.69, 9.17) is 0 Å². The van der Waals surface area contributed by atoms with Crippen LogP contribution >= 0.6 is 11.8 Å². The fraction of sp³-hybridized carbons (Fsp3) is 0.0588. The molecule has 3 rings (SSSR count). The van der Waals surface area contributed by atoms with Gasteiger partial charge in [-0.15, -0.1) is 0 Å². The van der Waals surface area contributed by atoms with E-state index in [0.717, 1.165) is 0 Å². The first kappa shape index (κ1) is 17.9. The maximum absolute atomic E-state index is 12.5. The lowest BCUT2D eigenvalue weighted by Crippen LogP contribution is -2.34. The maximum Gasteiger partial charge on any atom is 0.446 e. The number of nitrogens with one attached hydrogen (secondary N) is 2. The van der Waals surface area contributed by atoms with Gasteiger partial charge >= 0.3 is 5.51 Å². The Morgan fingerprint density at radius 3 is 2.35 bits per heavy atom. The quantitative estimate of drug-likeness (QED) is 0.620. The lowest BCUT2D eigenvalue weighted by molar-refractivity contribution is -0.112. The number of hydrogen-bond acceptors (Lipinski definition) is 5. The van der Waals surface area contributed by atoms with Crippen molar-refractivity contribution in [3.63, 3.8) is 0 Å². The van der Waals surface area contributed by atoms with Crippen molar-refractivity contribution in [2.24, 2.45) is 5.10 Å². The van der Waals surface area contributed by atoms with Gasteiger partial charge in [0.15, 0.2) is 5.71 Å². The van der Waals surface area contributed by atoms with E-state index in [1.54, 1.807) is 24.3 Å². The van der Waals surface area contributed by atoms with Crippen LogP contribution in [0.4, 0.5) is 24.5 Å². The standard InChI is InChI=1S/C17H13F3N4OS/c1-11-15(16(25)24(23-11)13-5-3-2-4-6-13)22-21-12-7-9-14(10-8-12)26-17(18,19)20/h2-10,21,23H,1H2. The van der Waals surface area contributed by atoms with E-state index in [-0.39, 0.29) is 22.4 Å². The number of thioether (sulfide) groups is 1. The molecule has 1 saturated heterocycles. The van der Waals surface area contributed by atoms with Gasteiger partial charge in [0.05, 0.1) is 17.1 Å². The Labute approximate surface area is 151 Å². The molecule has 0 aliphatic carbocycles. The second-order valence-corrected chi connectivity index (χ2v) is 6.35. The molecule has 1 aliphatic rings. The zero-order valence-corrected chi connectivity index (χ0v) is 14.1. The number of hydrazine groups is 1. The maximum atomic E-state index is 12.5. The molecule has 1 aliphatic heterocycles. The van der Waals surface area contributed by atoms with Crippen LogP contribution in [0.1, 0.15) is 0 Å². The number of rotatable bonds is 4. The second-order valence-electron chi connectivity index (χ2n) is 5.21. The van der Waals surface area contributed by atoms with Crippen LogP contribution in [0.5, 0.6) is 0 Å². The van der Waals surface area contributed by atoms with E-state index in [1.165, 1.54) is 29.3 Å². The minimum atomic E-state index is -4.34. The highest BCUT2D eigenvalue weighted by Crippen LogP contribution is 2.37. The van der Waals surface area contributed by atoms with Gasteiger partial charge in [-0.1, -0.05) is 24.8 Å². The predicted molar refractivity (Wildman–Crippen MR) is 95.6 cm³/mol. The topological polar surface area (TPSA) is 56.7 Å². The monoisotopic (exact) mass is 378 g/mol. The van der Waals surface area contributed by atoms with Gasteiger partial charge in [-0.2, -0.15) is 18.3 Å². The van der Waals surface area contributed by atoms with Crippen LogP contribution < -0.4 is 15.9 Å². The van der Waals surface area contributed by atoms with Gasteiger partial charge in [-0.05, 0) is 48.2 Å². The predicted octanol–water partition coefficient (Wildman–Crippen LogP) is 4.13. The smallest absolute Gasteiger partial charge is 0.289 e. The van der Waals surface area contributed by atoms with Crippen LogP contribution in [-0.4, -0.2) is 17.1 Å². The molecule has 2 aromatic carbocycles. The van der Waals surface area contributed by atoms with Crippen molar-refractivity contribution in [3.8, 4) is 0 Å². The van der Waals surface area contributed by atoms with Gasteiger partial charge in [0, 0.05) is 4.90 Å². The Morgan fingerprint density at radius 1 is 1.08 bits per heavy atom. The normalized spacial score (nSPS) is 16.1. The van der Waals surface area contributed by atoms with Crippen molar-refractivity contribution < 1.29 is 18.0 Å². The molecule has 0 atom stereocenters. The number of para-hydroxylation sites is 1. The first-order valence-electron chi connectivity index (χ1n) is 7.38. The summed E-state index contributed by atoms with van der Waals surface area (Å²) < 4.78 is 37.0. The molecule has 0 saturated carbocycles. The van der Waals surface area contributed by atoms with Gasteiger partial charge in [0.1, 0.15) is 0 Å². The van der Waals surface area contributed by atoms with E-state index in [9.17, 15) is 18.0 Å². The Bertz CT molecular complexity index is 851. The molecule has 9 heteroatoms. The third-order valence-electron chi connectivity index (χ3n) is 3.34. The number of hydrogen-bond donors (Lipinski definition) is 2. The number of halogens is 3. The van der Waals surface area contributed by atoms with Gasteiger partial charge in [-0.25, -0.2) is 5.01 Å². The number of amides is 1. The van der Waals surface area contributed by atoms with Gasteiger partial charge < -0.3 is 0 Å². The highest BCUT2D eigenvalue weighted by atomic mass is 32.2. The van der Waals surface area contributed by atoms with Crippen LogP contribution in [0.3, 0.4) is 0 Å². The average molecular weight is 378 g/mol. The third-order valence-corrected chi connectivity index (χ3v) is 4.08. The minimum Gasteiger partial charge on any atom is -0.289 e. The molecule has 0 unspecified atom stereocenters. The summed E-state index contributed by atoms with van der Waals surface area (Å²) in [5.41, 5.74) is 2.64. The molecule has 0 spiro atoms. The summed E-state index contributed by atoms with van der Waals surface area (Å²) in [5.74, 6) is -0.391. The first-order chi connectivity index (χ1) is 12.3. The fourth-order valence-corrected chi connectivity index (χ4v) is 2.74. The van der Waals surface area contributed by atoms with E-state index in [2.05, 4.69) is 22.5 Å². The first-order valence-corrected chi connectivity index (χ1v) is 8.20. The molecule has 134 valence electrons. The number of carbonyl (C=O) groups is 1. The van der Waals surface area contributed by atoms with Crippen LogP contribution in [0, 0.1) is 0 Å². The summed E-state index contributed by atoms with van der Waals surface area (Å²) in [7, 11) is 0. The Balaban J connectivity index is 1.70. The number of carbonyl (C=O) groups excluding carboxylic acids is 1. The zero-order valence-electron chi connectivity index (χ0n) is 13.2. The third kappa shape index (κ3) is 4.17. The molecular formula is C17H13F3N4OS. The van der Waals surface area contributed by atoms with E-state index in [1.807, 2.05) is 6.07 Å². The molecule has 5 nitrogen and oxygen atoms in total. The molecule has 1 amide bonds. The molecule has 1 heterocycles.